The maximum Gasteiger partial charge on any atom is 0.236 e. The zero-order chi connectivity index (χ0) is 22.6. The van der Waals surface area contributed by atoms with Crippen molar-refractivity contribution >= 4 is 11.7 Å². The van der Waals surface area contributed by atoms with Crippen molar-refractivity contribution in [3.8, 4) is 0 Å². The number of aromatic nitrogens is 1. The van der Waals surface area contributed by atoms with Crippen molar-refractivity contribution in [2.45, 2.75) is 57.5 Å². The summed E-state index contributed by atoms with van der Waals surface area (Å²) >= 11 is 0. The number of carbonyl (C=O) groups excluding carboxylic acids is 1. The highest BCUT2D eigenvalue weighted by molar-refractivity contribution is 5.78. The second-order valence-corrected chi connectivity index (χ2v) is 10.2. The van der Waals surface area contributed by atoms with Crippen LogP contribution in [0.1, 0.15) is 49.8 Å². The number of nitrogens with one attached hydrogen (secondary N) is 1. The van der Waals surface area contributed by atoms with Crippen molar-refractivity contribution in [2.24, 2.45) is 0 Å². The van der Waals surface area contributed by atoms with E-state index in [0.717, 1.165) is 90.0 Å². The molecule has 0 spiro atoms. The second-order valence-electron chi connectivity index (χ2n) is 10.2. The van der Waals surface area contributed by atoms with Gasteiger partial charge in [-0.25, -0.2) is 4.98 Å². The number of amides is 1. The Balaban J connectivity index is 1.04. The van der Waals surface area contributed by atoms with Crippen LogP contribution in [0.4, 0.5) is 5.82 Å². The first-order valence-electron chi connectivity index (χ1n) is 13.1. The first-order valence-corrected chi connectivity index (χ1v) is 13.1. The molecule has 0 aromatic carbocycles. The van der Waals surface area contributed by atoms with Gasteiger partial charge in [-0.3, -0.25) is 14.6 Å². The molecule has 1 aliphatic carbocycles. The van der Waals surface area contributed by atoms with E-state index in [9.17, 15) is 4.79 Å². The van der Waals surface area contributed by atoms with Crippen LogP contribution in [0, 0.1) is 0 Å². The van der Waals surface area contributed by atoms with Crippen molar-refractivity contribution in [3.05, 3.63) is 35.7 Å². The van der Waals surface area contributed by atoms with E-state index in [1.807, 2.05) is 0 Å². The van der Waals surface area contributed by atoms with Crippen LogP contribution in [0.15, 0.2) is 24.4 Å². The van der Waals surface area contributed by atoms with E-state index < -0.39 is 0 Å². The normalized spacial score (nSPS) is 22.4. The van der Waals surface area contributed by atoms with Gasteiger partial charge >= 0.3 is 0 Å². The maximum absolute atomic E-state index is 12.9. The van der Waals surface area contributed by atoms with E-state index >= 15 is 0 Å². The molecule has 1 aromatic heterocycles. The fraction of sp³-hybridized carbons (Fsp3) is 0.692. The molecular weight excluding hydrogens is 412 g/mol. The Bertz CT molecular complexity index is 845. The summed E-state index contributed by atoms with van der Waals surface area (Å²) in [5, 5.41) is 3.49. The number of allylic oxidation sites excluding steroid dienone is 1. The molecule has 1 amide bonds. The van der Waals surface area contributed by atoms with Crippen molar-refractivity contribution in [3.63, 3.8) is 0 Å². The molecule has 1 N–H and O–H groups in total. The topological polar surface area (TPSA) is 55.0 Å². The van der Waals surface area contributed by atoms with Gasteiger partial charge in [-0.15, -0.1) is 0 Å². The molecule has 4 heterocycles. The van der Waals surface area contributed by atoms with Crippen LogP contribution >= 0.6 is 0 Å². The minimum absolute atomic E-state index is 0.290. The summed E-state index contributed by atoms with van der Waals surface area (Å²) in [6.07, 6.45) is 8.49. The minimum atomic E-state index is 0.290. The van der Waals surface area contributed by atoms with Gasteiger partial charge in [0.15, 0.2) is 0 Å². The molecule has 1 saturated carbocycles. The van der Waals surface area contributed by atoms with Crippen molar-refractivity contribution in [1.82, 2.24) is 24.6 Å². The molecule has 1 aromatic rings. The first kappa shape index (κ1) is 22.7. The molecule has 0 bridgehead atoms. The van der Waals surface area contributed by atoms with E-state index in [-0.39, 0.29) is 0 Å². The lowest BCUT2D eigenvalue weighted by Crippen LogP contribution is -2.55. The molecule has 0 atom stereocenters. The molecular formula is C26H40N6O. The molecule has 0 radical (unpaired) electrons. The summed E-state index contributed by atoms with van der Waals surface area (Å²) in [5.74, 6) is 1.27. The summed E-state index contributed by atoms with van der Waals surface area (Å²) in [6.45, 7) is 13.5. The smallest absolute Gasteiger partial charge is 0.236 e. The SMILES string of the molecule is C=C1CCCN1CCCNc1ccc2c(n1)CCN(CC(=O)N1CCN(C3CCC3)CC1)C2. The third-order valence-electron chi connectivity index (χ3n) is 8.00. The van der Waals surface area contributed by atoms with Gasteiger partial charge in [-0.05, 0) is 43.7 Å². The predicted molar refractivity (Wildman–Crippen MR) is 132 cm³/mol. The summed E-state index contributed by atoms with van der Waals surface area (Å²) in [6, 6.07) is 5.08. The molecule has 180 valence electrons. The molecule has 2 saturated heterocycles. The molecule has 3 aliphatic heterocycles. The largest absolute Gasteiger partial charge is 0.375 e. The summed E-state index contributed by atoms with van der Waals surface area (Å²) in [4.78, 5) is 27.1. The van der Waals surface area contributed by atoms with E-state index in [1.165, 1.54) is 42.6 Å². The van der Waals surface area contributed by atoms with Gasteiger partial charge in [0.1, 0.15) is 5.82 Å². The number of piperazine rings is 1. The quantitative estimate of drug-likeness (QED) is 0.612. The molecule has 3 fully saturated rings. The van der Waals surface area contributed by atoms with E-state index in [2.05, 4.69) is 43.6 Å². The van der Waals surface area contributed by atoms with Crippen molar-refractivity contribution in [1.29, 1.82) is 0 Å². The zero-order valence-corrected chi connectivity index (χ0v) is 20.1. The fourth-order valence-corrected chi connectivity index (χ4v) is 5.63. The van der Waals surface area contributed by atoms with E-state index in [1.54, 1.807) is 0 Å². The highest BCUT2D eigenvalue weighted by Crippen LogP contribution is 2.26. The number of anilines is 1. The second kappa shape index (κ2) is 10.4. The van der Waals surface area contributed by atoms with E-state index in [4.69, 9.17) is 4.98 Å². The Labute approximate surface area is 198 Å². The van der Waals surface area contributed by atoms with Gasteiger partial charge in [0.05, 0.1) is 6.54 Å². The average molecular weight is 453 g/mol. The number of hydrogen-bond acceptors (Lipinski definition) is 6. The Hall–Kier alpha value is -2.12. The maximum atomic E-state index is 12.9. The van der Waals surface area contributed by atoms with Crippen molar-refractivity contribution < 1.29 is 4.79 Å². The predicted octanol–water partition coefficient (Wildman–Crippen LogP) is 2.55. The standard InChI is InChI=1S/C26H40N6O/c1-21-5-3-12-30(21)13-4-11-27-25-9-8-22-19-29(14-10-24(22)28-25)20-26(33)32-17-15-31(16-18-32)23-6-2-7-23/h8-9,23H,1-7,10-20H2,(H,27,28). The lowest BCUT2D eigenvalue weighted by atomic mass is 9.91. The number of hydrogen-bond donors (Lipinski definition) is 1. The van der Waals surface area contributed by atoms with Crippen LogP contribution in [0.2, 0.25) is 0 Å². The average Bonchev–Trinajstić information content (AvgIpc) is 3.20. The summed E-state index contributed by atoms with van der Waals surface area (Å²) < 4.78 is 0. The number of nitrogens with zero attached hydrogens (tertiary/aromatic N) is 5. The Morgan fingerprint density at radius 3 is 2.64 bits per heavy atom. The van der Waals surface area contributed by atoms with E-state index in [0.29, 0.717) is 12.5 Å². The fourth-order valence-electron chi connectivity index (χ4n) is 5.63. The molecule has 7 nitrogen and oxygen atoms in total. The molecule has 0 unspecified atom stereocenters. The Morgan fingerprint density at radius 2 is 1.91 bits per heavy atom. The third kappa shape index (κ3) is 5.52. The highest BCUT2D eigenvalue weighted by Gasteiger charge is 2.30. The van der Waals surface area contributed by atoms with Crippen LogP contribution in [0.25, 0.3) is 0 Å². The number of pyridine rings is 1. The lowest BCUT2D eigenvalue weighted by molar-refractivity contribution is -0.135. The molecule has 7 heteroatoms. The monoisotopic (exact) mass is 452 g/mol. The van der Waals surface area contributed by atoms with Gasteiger partial charge in [-0.1, -0.05) is 19.1 Å². The molecule has 33 heavy (non-hydrogen) atoms. The van der Waals surface area contributed by atoms with Gasteiger partial charge in [0, 0.05) is 82.8 Å². The number of rotatable bonds is 8. The van der Waals surface area contributed by atoms with Crippen LogP contribution in [-0.4, -0.2) is 95.4 Å². The van der Waals surface area contributed by atoms with Gasteiger partial charge in [-0.2, -0.15) is 0 Å². The third-order valence-corrected chi connectivity index (χ3v) is 8.00. The van der Waals surface area contributed by atoms with Crippen LogP contribution < -0.4 is 5.32 Å². The number of fused-ring (bicyclic) bond motifs is 1. The summed E-state index contributed by atoms with van der Waals surface area (Å²) in [7, 11) is 0. The Morgan fingerprint density at radius 1 is 1.06 bits per heavy atom. The number of likely N-dealkylation sites (tertiary alicyclic amines) is 1. The number of carbonyl (C=O) groups is 1. The van der Waals surface area contributed by atoms with Gasteiger partial charge < -0.3 is 15.1 Å². The lowest BCUT2D eigenvalue weighted by Gasteiger charge is -2.43. The molecule has 4 aliphatic rings. The Kier molecular flexibility index (Phi) is 7.16. The van der Waals surface area contributed by atoms with Gasteiger partial charge in [0.2, 0.25) is 5.91 Å². The van der Waals surface area contributed by atoms with Crippen LogP contribution in [-0.2, 0) is 17.8 Å². The highest BCUT2D eigenvalue weighted by atomic mass is 16.2. The zero-order valence-electron chi connectivity index (χ0n) is 20.1. The van der Waals surface area contributed by atoms with Gasteiger partial charge in [0.25, 0.3) is 0 Å². The van der Waals surface area contributed by atoms with Crippen LogP contribution in [0.3, 0.4) is 0 Å². The summed E-state index contributed by atoms with van der Waals surface area (Å²) in [5.41, 5.74) is 3.74. The van der Waals surface area contributed by atoms with Crippen LogP contribution in [0.5, 0.6) is 0 Å². The van der Waals surface area contributed by atoms with Crippen molar-refractivity contribution in [2.75, 3.05) is 64.2 Å². The minimum Gasteiger partial charge on any atom is -0.375 e. The molecule has 5 rings (SSSR count). The first-order chi connectivity index (χ1) is 16.2.